The van der Waals surface area contributed by atoms with E-state index in [1.807, 2.05) is 45.0 Å². The van der Waals surface area contributed by atoms with Crippen LogP contribution < -0.4 is 15.4 Å². The van der Waals surface area contributed by atoms with Gasteiger partial charge in [-0.3, -0.25) is 0 Å². The van der Waals surface area contributed by atoms with Crippen molar-refractivity contribution in [2.24, 2.45) is 0 Å². The number of hydrogen-bond donors (Lipinski definition) is 3. The lowest BCUT2D eigenvalue weighted by Crippen LogP contribution is -2.47. The fourth-order valence-corrected chi connectivity index (χ4v) is 1.56. The van der Waals surface area contributed by atoms with Crippen LogP contribution in [0.4, 0.5) is 4.79 Å². The molecule has 0 unspecified atom stereocenters. The molecule has 0 atom stereocenters. The molecule has 2 amide bonds. The van der Waals surface area contributed by atoms with Gasteiger partial charge in [0.05, 0.1) is 6.61 Å². The van der Waals surface area contributed by atoms with Crippen LogP contribution in [0, 0.1) is 0 Å². The van der Waals surface area contributed by atoms with Gasteiger partial charge in [-0.2, -0.15) is 0 Å². The highest BCUT2D eigenvalue weighted by atomic mass is 16.5. The summed E-state index contributed by atoms with van der Waals surface area (Å²) in [4.78, 5) is 11.8. The zero-order valence-electron chi connectivity index (χ0n) is 12.4. The standard InChI is InChI=1S/C15H24N2O3/c1-4-15(2,3)17-14(19)16-11-12-7-5-6-8-13(12)20-10-9-18/h5-8,18H,4,9-11H2,1-3H3,(H2,16,17,19). The molecule has 0 fully saturated rings. The topological polar surface area (TPSA) is 70.6 Å². The molecule has 0 aliphatic heterocycles. The number of aliphatic hydroxyl groups excluding tert-OH is 1. The van der Waals surface area contributed by atoms with Crippen LogP contribution in [0.25, 0.3) is 0 Å². The number of hydrogen-bond acceptors (Lipinski definition) is 3. The number of ether oxygens (including phenoxy) is 1. The third-order valence-corrected chi connectivity index (χ3v) is 3.10. The van der Waals surface area contributed by atoms with E-state index in [1.165, 1.54) is 0 Å². The SMILES string of the molecule is CCC(C)(C)NC(=O)NCc1ccccc1OCCO. The van der Waals surface area contributed by atoms with Crippen molar-refractivity contribution in [3.8, 4) is 5.75 Å². The van der Waals surface area contributed by atoms with E-state index in [1.54, 1.807) is 0 Å². The smallest absolute Gasteiger partial charge is 0.315 e. The van der Waals surface area contributed by atoms with E-state index in [-0.39, 0.29) is 24.8 Å². The van der Waals surface area contributed by atoms with E-state index in [9.17, 15) is 4.79 Å². The maximum Gasteiger partial charge on any atom is 0.315 e. The molecule has 0 spiro atoms. The Balaban J connectivity index is 2.55. The molecule has 5 heteroatoms. The number of urea groups is 1. The highest BCUT2D eigenvalue weighted by Crippen LogP contribution is 2.17. The second kappa shape index (κ2) is 7.75. The normalized spacial score (nSPS) is 11.0. The molecular formula is C15H24N2O3. The van der Waals surface area contributed by atoms with E-state index in [0.717, 1.165) is 12.0 Å². The van der Waals surface area contributed by atoms with Crippen molar-refractivity contribution in [3.63, 3.8) is 0 Å². The minimum atomic E-state index is -0.225. The summed E-state index contributed by atoms with van der Waals surface area (Å²) in [7, 11) is 0. The van der Waals surface area contributed by atoms with Crippen molar-refractivity contribution in [1.82, 2.24) is 10.6 Å². The molecule has 1 aromatic rings. The first kappa shape index (κ1) is 16.3. The first-order valence-corrected chi connectivity index (χ1v) is 6.86. The fourth-order valence-electron chi connectivity index (χ4n) is 1.56. The predicted octanol–water partition coefficient (Wildman–Crippen LogP) is 2.05. The van der Waals surface area contributed by atoms with Gasteiger partial charge in [-0.1, -0.05) is 25.1 Å². The molecule has 0 saturated carbocycles. The molecule has 0 aromatic heterocycles. The summed E-state index contributed by atoms with van der Waals surface area (Å²) in [5.74, 6) is 0.677. The van der Waals surface area contributed by atoms with Crippen molar-refractivity contribution in [2.75, 3.05) is 13.2 Å². The lowest BCUT2D eigenvalue weighted by atomic mass is 10.0. The van der Waals surface area contributed by atoms with E-state index in [0.29, 0.717) is 12.3 Å². The second-order valence-electron chi connectivity index (χ2n) is 5.22. The van der Waals surface area contributed by atoms with Crippen LogP contribution in [0.1, 0.15) is 32.8 Å². The molecule has 0 saturated heterocycles. The first-order chi connectivity index (χ1) is 9.48. The van der Waals surface area contributed by atoms with Gasteiger partial charge in [0.25, 0.3) is 0 Å². The van der Waals surface area contributed by atoms with Crippen molar-refractivity contribution in [1.29, 1.82) is 0 Å². The van der Waals surface area contributed by atoms with E-state index in [2.05, 4.69) is 10.6 Å². The van der Waals surface area contributed by atoms with Gasteiger partial charge in [-0.25, -0.2) is 4.79 Å². The van der Waals surface area contributed by atoms with Gasteiger partial charge in [0, 0.05) is 17.6 Å². The summed E-state index contributed by atoms with van der Waals surface area (Å²) >= 11 is 0. The summed E-state index contributed by atoms with van der Waals surface area (Å²) in [6.07, 6.45) is 0.858. The van der Waals surface area contributed by atoms with E-state index in [4.69, 9.17) is 9.84 Å². The van der Waals surface area contributed by atoms with Gasteiger partial charge in [0.15, 0.2) is 0 Å². The number of para-hydroxylation sites is 1. The molecule has 20 heavy (non-hydrogen) atoms. The minimum absolute atomic E-state index is 0.0348. The van der Waals surface area contributed by atoms with Crippen molar-refractivity contribution < 1.29 is 14.6 Å². The van der Waals surface area contributed by atoms with Gasteiger partial charge < -0.3 is 20.5 Å². The number of carbonyl (C=O) groups is 1. The molecule has 0 radical (unpaired) electrons. The van der Waals surface area contributed by atoms with Gasteiger partial charge >= 0.3 is 6.03 Å². The summed E-state index contributed by atoms with van der Waals surface area (Å²) in [6.45, 7) is 6.57. The van der Waals surface area contributed by atoms with E-state index >= 15 is 0 Å². The van der Waals surface area contributed by atoms with Crippen LogP contribution >= 0.6 is 0 Å². The average Bonchev–Trinajstić information content (AvgIpc) is 2.43. The van der Waals surface area contributed by atoms with Crippen molar-refractivity contribution >= 4 is 6.03 Å². The highest BCUT2D eigenvalue weighted by Gasteiger charge is 2.17. The molecule has 0 aliphatic rings. The zero-order valence-corrected chi connectivity index (χ0v) is 12.4. The maximum atomic E-state index is 11.8. The number of benzene rings is 1. The lowest BCUT2D eigenvalue weighted by Gasteiger charge is -2.24. The molecule has 1 aromatic carbocycles. The summed E-state index contributed by atoms with van der Waals surface area (Å²) in [5, 5.41) is 14.5. The fraction of sp³-hybridized carbons (Fsp3) is 0.533. The third-order valence-electron chi connectivity index (χ3n) is 3.10. The minimum Gasteiger partial charge on any atom is -0.491 e. The molecular weight excluding hydrogens is 256 g/mol. The largest absolute Gasteiger partial charge is 0.491 e. The number of amides is 2. The molecule has 3 N–H and O–H groups in total. The van der Waals surface area contributed by atoms with Crippen LogP contribution in [-0.2, 0) is 6.54 Å². The Kier molecular flexibility index (Phi) is 6.31. The van der Waals surface area contributed by atoms with Gasteiger partial charge in [0.1, 0.15) is 12.4 Å². The maximum absolute atomic E-state index is 11.8. The lowest BCUT2D eigenvalue weighted by molar-refractivity contribution is 0.200. The number of carbonyl (C=O) groups excluding carboxylic acids is 1. The molecule has 0 heterocycles. The monoisotopic (exact) mass is 280 g/mol. The Labute approximate surface area is 120 Å². The van der Waals surface area contributed by atoms with Gasteiger partial charge in [-0.05, 0) is 26.3 Å². The van der Waals surface area contributed by atoms with Crippen LogP contribution in [0.15, 0.2) is 24.3 Å². The van der Waals surface area contributed by atoms with Crippen molar-refractivity contribution in [2.45, 2.75) is 39.3 Å². The zero-order chi connectivity index (χ0) is 15.0. The average molecular weight is 280 g/mol. The quantitative estimate of drug-likeness (QED) is 0.716. The Morgan fingerprint density at radius 3 is 2.70 bits per heavy atom. The van der Waals surface area contributed by atoms with E-state index < -0.39 is 0 Å². The second-order valence-corrected chi connectivity index (χ2v) is 5.22. The summed E-state index contributed by atoms with van der Waals surface area (Å²) < 4.78 is 5.42. The predicted molar refractivity (Wildman–Crippen MR) is 78.8 cm³/mol. The van der Waals surface area contributed by atoms with Crippen molar-refractivity contribution in [3.05, 3.63) is 29.8 Å². The van der Waals surface area contributed by atoms with Crippen LogP contribution in [0.3, 0.4) is 0 Å². The third kappa shape index (κ3) is 5.48. The molecule has 0 aliphatic carbocycles. The van der Waals surface area contributed by atoms with Gasteiger partial charge in [-0.15, -0.1) is 0 Å². The Hall–Kier alpha value is -1.75. The summed E-state index contributed by atoms with van der Waals surface area (Å²) in [6, 6.07) is 7.25. The Morgan fingerprint density at radius 1 is 1.35 bits per heavy atom. The molecule has 0 bridgehead atoms. The Bertz CT molecular complexity index is 433. The first-order valence-electron chi connectivity index (χ1n) is 6.86. The molecule has 5 nitrogen and oxygen atoms in total. The number of nitrogens with one attached hydrogen (secondary N) is 2. The number of rotatable bonds is 7. The van der Waals surface area contributed by atoms with Crippen LogP contribution in [0.2, 0.25) is 0 Å². The molecule has 1 rings (SSSR count). The van der Waals surface area contributed by atoms with Crippen LogP contribution in [0.5, 0.6) is 5.75 Å². The van der Waals surface area contributed by atoms with Crippen LogP contribution in [-0.4, -0.2) is 29.9 Å². The van der Waals surface area contributed by atoms with Gasteiger partial charge in [0.2, 0.25) is 0 Å². The number of aliphatic hydroxyl groups is 1. The highest BCUT2D eigenvalue weighted by molar-refractivity contribution is 5.74. The molecule has 112 valence electrons. The Morgan fingerprint density at radius 2 is 2.05 bits per heavy atom. The summed E-state index contributed by atoms with van der Waals surface area (Å²) in [5.41, 5.74) is 0.655.